The SMILES string of the molecule is CCCCCCCCCCCCCCCCCCCC(=O)O[C@H](COC(=O)CCCCCCCCCCCCCCCC(C)C)COP(=O)(O)OC[C@@H](O)COP(=O)(O)OC[C@@H](COC(=O)CCCCCCCCC)OC(=O)CCCCCCCCCCCCCCCC(C)C. The average Bonchev–Trinajstić information content (AvgIpc) is 1.39. The third kappa shape index (κ3) is 70.5. The van der Waals surface area contributed by atoms with Crippen LogP contribution >= 0.6 is 15.6 Å². The Bertz CT molecular complexity index is 1860. The molecular weight excluding hydrogens is 1260 g/mol. The lowest BCUT2D eigenvalue weighted by atomic mass is 10.0. The molecule has 0 amide bonds. The maximum Gasteiger partial charge on any atom is 0.472 e. The Balaban J connectivity index is 5.19. The minimum atomic E-state index is -4.96. The maximum absolute atomic E-state index is 13.1. The van der Waals surface area contributed by atoms with Crippen LogP contribution in [0.3, 0.4) is 0 Å². The van der Waals surface area contributed by atoms with Crippen LogP contribution in [-0.2, 0) is 65.4 Å². The smallest absolute Gasteiger partial charge is 0.462 e. The van der Waals surface area contributed by atoms with Crippen molar-refractivity contribution in [3.8, 4) is 0 Å². The number of phosphoric acid groups is 2. The predicted octanol–water partition coefficient (Wildman–Crippen LogP) is 22.7. The number of ether oxygens (including phenoxy) is 4. The van der Waals surface area contributed by atoms with Crippen molar-refractivity contribution in [3.05, 3.63) is 0 Å². The van der Waals surface area contributed by atoms with E-state index in [0.717, 1.165) is 115 Å². The molecule has 0 saturated carbocycles. The third-order valence-electron chi connectivity index (χ3n) is 18.0. The van der Waals surface area contributed by atoms with Gasteiger partial charge in [-0.2, -0.15) is 0 Å². The second-order valence-electron chi connectivity index (χ2n) is 28.7. The zero-order valence-corrected chi connectivity index (χ0v) is 64.5. The van der Waals surface area contributed by atoms with Gasteiger partial charge in [0.1, 0.15) is 19.3 Å². The summed E-state index contributed by atoms with van der Waals surface area (Å²) < 4.78 is 68.5. The monoisotopic (exact) mass is 1410 g/mol. The molecule has 96 heavy (non-hydrogen) atoms. The summed E-state index contributed by atoms with van der Waals surface area (Å²) in [5.41, 5.74) is 0. The second kappa shape index (κ2) is 68.8. The molecule has 0 spiro atoms. The first-order chi connectivity index (χ1) is 46.4. The maximum atomic E-state index is 13.1. The van der Waals surface area contributed by atoms with Gasteiger partial charge in [0.25, 0.3) is 0 Å². The lowest BCUT2D eigenvalue weighted by Crippen LogP contribution is -2.30. The summed E-state index contributed by atoms with van der Waals surface area (Å²) >= 11 is 0. The van der Waals surface area contributed by atoms with Crippen molar-refractivity contribution in [1.82, 2.24) is 0 Å². The molecule has 0 fully saturated rings. The van der Waals surface area contributed by atoms with Crippen LogP contribution in [0.5, 0.6) is 0 Å². The van der Waals surface area contributed by atoms with E-state index in [2.05, 4.69) is 41.5 Å². The minimum Gasteiger partial charge on any atom is -0.462 e. The van der Waals surface area contributed by atoms with E-state index >= 15 is 0 Å². The molecule has 2 unspecified atom stereocenters. The van der Waals surface area contributed by atoms with Gasteiger partial charge in [-0.05, 0) is 37.5 Å². The molecule has 0 heterocycles. The summed E-state index contributed by atoms with van der Waals surface area (Å²) in [4.78, 5) is 72.7. The van der Waals surface area contributed by atoms with Crippen LogP contribution in [0, 0.1) is 11.8 Å². The molecule has 0 bridgehead atoms. The molecule has 0 rings (SSSR count). The van der Waals surface area contributed by atoms with Gasteiger partial charge in [-0.3, -0.25) is 37.3 Å². The van der Waals surface area contributed by atoms with Crippen LogP contribution in [0.2, 0.25) is 0 Å². The second-order valence-corrected chi connectivity index (χ2v) is 31.6. The van der Waals surface area contributed by atoms with Crippen LogP contribution < -0.4 is 0 Å². The lowest BCUT2D eigenvalue weighted by molar-refractivity contribution is -0.161. The largest absolute Gasteiger partial charge is 0.472 e. The molecule has 0 aromatic rings. The Morgan fingerprint density at radius 2 is 0.479 bits per heavy atom. The molecule has 19 heteroatoms. The van der Waals surface area contributed by atoms with E-state index in [1.807, 2.05) is 0 Å². The Kier molecular flexibility index (Phi) is 67.4. The summed E-state index contributed by atoms with van der Waals surface area (Å²) in [6.45, 7) is 9.60. The molecular formula is C77H150O17P2. The molecule has 0 aromatic heterocycles. The summed E-state index contributed by atoms with van der Waals surface area (Å²) in [7, 11) is -9.91. The van der Waals surface area contributed by atoms with Crippen LogP contribution in [0.4, 0.5) is 0 Å². The number of hydrogen-bond acceptors (Lipinski definition) is 15. The molecule has 0 aliphatic carbocycles. The van der Waals surface area contributed by atoms with Gasteiger partial charge in [0, 0.05) is 25.7 Å². The van der Waals surface area contributed by atoms with Crippen molar-refractivity contribution in [1.29, 1.82) is 0 Å². The van der Waals surface area contributed by atoms with Crippen LogP contribution in [-0.4, -0.2) is 96.7 Å². The number of esters is 4. The van der Waals surface area contributed by atoms with E-state index in [-0.39, 0.29) is 25.7 Å². The Morgan fingerprint density at radius 1 is 0.281 bits per heavy atom. The number of carbonyl (C=O) groups is 4. The number of aliphatic hydroxyl groups is 1. The molecule has 17 nitrogen and oxygen atoms in total. The van der Waals surface area contributed by atoms with E-state index in [1.165, 1.54) is 205 Å². The number of carbonyl (C=O) groups excluding carboxylic acids is 4. The highest BCUT2D eigenvalue weighted by Crippen LogP contribution is 2.45. The van der Waals surface area contributed by atoms with E-state index < -0.39 is 97.5 Å². The molecule has 0 aromatic carbocycles. The fourth-order valence-corrected chi connectivity index (χ4v) is 13.4. The van der Waals surface area contributed by atoms with Gasteiger partial charge < -0.3 is 33.8 Å². The normalized spacial score (nSPS) is 14.0. The van der Waals surface area contributed by atoms with Gasteiger partial charge >= 0.3 is 39.5 Å². The Morgan fingerprint density at radius 3 is 0.708 bits per heavy atom. The highest BCUT2D eigenvalue weighted by Gasteiger charge is 2.30. The van der Waals surface area contributed by atoms with Crippen molar-refractivity contribution in [2.24, 2.45) is 11.8 Å². The summed E-state index contributed by atoms with van der Waals surface area (Å²) in [6, 6.07) is 0. The third-order valence-corrected chi connectivity index (χ3v) is 19.9. The van der Waals surface area contributed by atoms with Crippen molar-refractivity contribution < 1.29 is 80.2 Å². The van der Waals surface area contributed by atoms with E-state index in [1.54, 1.807) is 0 Å². The number of hydrogen-bond donors (Lipinski definition) is 3. The van der Waals surface area contributed by atoms with Gasteiger partial charge in [-0.1, -0.05) is 350 Å². The van der Waals surface area contributed by atoms with E-state index in [0.29, 0.717) is 25.7 Å². The van der Waals surface area contributed by atoms with Gasteiger partial charge in [0.05, 0.1) is 26.4 Å². The number of unbranched alkanes of at least 4 members (excludes halogenated alkanes) is 46. The number of aliphatic hydroxyl groups excluding tert-OH is 1. The van der Waals surface area contributed by atoms with Crippen LogP contribution in [0.1, 0.15) is 401 Å². The van der Waals surface area contributed by atoms with Crippen LogP contribution in [0.25, 0.3) is 0 Å². The van der Waals surface area contributed by atoms with Crippen molar-refractivity contribution in [2.75, 3.05) is 39.6 Å². The van der Waals surface area contributed by atoms with E-state index in [9.17, 15) is 43.2 Å². The molecule has 570 valence electrons. The minimum absolute atomic E-state index is 0.107. The first-order valence-electron chi connectivity index (χ1n) is 40.0. The van der Waals surface area contributed by atoms with Gasteiger partial charge in [0.2, 0.25) is 0 Å². The quantitative estimate of drug-likeness (QED) is 0.0222. The number of rotatable bonds is 76. The fraction of sp³-hybridized carbons (Fsp3) is 0.948. The Hall–Kier alpha value is -1.94. The molecule has 5 atom stereocenters. The van der Waals surface area contributed by atoms with Crippen molar-refractivity contribution >= 4 is 39.5 Å². The average molecular weight is 1410 g/mol. The summed E-state index contributed by atoms with van der Waals surface area (Å²) in [5, 5.41) is 10.6. The highest BCUT2D eigenvalue weighted by atomic mass is 31.2. The summed E-state index contributed by atoms with van der Waals surface area (Å²) in [5.74, 6) is -0.539. The summed E-state index contributed by atoms with van der Waals surface area (Å²) in [6.07, 6.45) is 57.0. The zero-order chi connectivity index (χ0) is 70.7. The highest BCUT2D eigenvalue weighted by molar-refractivity contribution is 7.47. The molecule has 0 radical (unpaired) electrons. The predicted molar refractivity (Wildman–Crippen MR) is 391 cm³/mol. The van der Waals surface area contributed by atoms with Gasteiger partial charge in [-0.15, -0.1) is 0 Å². The van der Waals surface area contributed by atoms with Crippen LogP contribution in [0.15, 0.2) is 0 Å². The van der Waals surface area contributed by atoms with Crippen molar-refractivity contribution in [3.63, 3.8) is 0 Å². The molecule has 0 aliphatic rings. The first-order valence-corrected chi connectivity index (χ1v) is 43.0. The standard InChI is InChI=1S/C77H150O17P2/c1-7-9-11-13-15-16-17-18-19-20-21-26-32-37-43-49-55-61-77(82)94-73(66-88-75(80)60-54-48-42-36-31-27-22-24-29-34-40-45-51-57-69(3)4)68-92-96(85,86)90-64-71(78)63-89-95(83,84)91-67-72(65-87-74(79)59-53-47-39-14-12-10-8-2)93-76(81)62-56-50-44-38-33-28-23-25-30-35-41-46-52-58-70(5)6/h69-73,78H,7-68H2,1-6H3,(H,83,84)(H,85,86)/t71-,72+,73+/m0/s1. The first kappa shape index (κ1) is 94.1. The number of phosphoric ester groups is 2. The fourth-order valence-electron chi connectivity index (χ4n) is 11.8. The molecule has 0 saturated heterocycles. The Labute approximate surface area is 588 Å². The molecule has 0 aliphatic heterocycles. The van der Waals surface area contributed by atoms with Gasteiger partial charge in [0.15, 0.2) is 12.2 Å². The molecule has 3 N–H and O–H groups in total. The zero-order valence-electron chi connectivity index (χ0n) is 62.7. The van der Waals surface area contributed by atoms with Crippen molar-refractivity contribution in [2.45, 2.75) is 419 Å². The lowest BCUT2D eigenvalue weighted by Gasteiger charge is -2.21. The van der Waals surface area contributed by atoms with Gasteiger partial charge in [-0.25, -0.2) is 9.13 Å². The topological polar surface area (TPSA) is 237 Å². The van der Waals surface area contributed by atoms with E-state index in [4.69, 9.17) is 37.0 Å².